The minimum absolute atomic E-state index is 0.0127. The maximum Gasteiger partial charge on any atom is 0.148 e. The molecule has 0 amide bonds. The predicted octanol–water partition coefficient (Wildman–Crippen LogP) is 1.31. The van der Waals surface area contributed by atoms with Crippen LogP contribution in [0.25, 0.3) is 0 Å². The summed E-state index contributed by atoms with van der Waals surface area (Å²) in [5.41, 5.74) is 0.776. The van der Waals surface area contributed by atoms with Crippen LogP contribution >= 0.6 is 0 Å². The van der Waals surface area contributed by atoms with Crippen molar-refractivity contribution in [2.75, 3.05) is 0 Å². The molecule has 0 N–H and O–H groups in total. The number of aldehydes is 1. The van der Waals surface area contributed by atoms with E-state index in [0.29, 0.717) is 0 Å². The molecule has 56 valence electrons. The molecule has 0 aromatic rings. The van der Waals surface area contributed by atoms with Crippen LogP contribution < -0.4 is 0 Å². The van der Waals surface area contributed by atoms with Crippen LogP contribution in [0.2, 0.25) is 0 Å². The largest absolute Gasteiger partial charge is 0.370 e. The first-order chi connectivity index (χ1) is 4.74. The van der Waals surface area contributed by atoms with Crippen molar-refractivity contribution in [3.63, 3.8) is 0 Å². The number of carbonyl (C=O) groups is 1. The molecule has 0 saturated heterocycles. The van der Waals surface area contributed by atoms with E-state index in [0.717, 1.165) is 18.3 Å². The Morgan fingerprint density at radius 3 is 2.90 bits per heavy atom. The van der Waals surface area contributed by atoms with Crippen molar-refractivity contribution in [3.8, 4) is 0 Å². The molecule has 0 spiro atoms. The Bertz CT molecular complexity index is 161. The minimum atomic E-state index is -0.0127. The molecule has 1 rings (SSSR count). The van der Waals surface area contributed by atoms with E-state index in [1.807, 2.05) is 19.9 Å². The van der Waals surface area contributed by atoms with Crippen molar-refractivity contribution in [3.05, 3.63) is 11.6 Å². The number of hydrogen-bond acceptors (Lipinski definition) is 2. The number of carbonyl (C=O) groups excluding carboxylic acids is 1. The van der Waals surface area contributed by atoms with Crippen molar-refractivity contribution in [1.82, 2.24) is 0 Å². The van der Waals surface area contributed by atoms with Crippen LogP contribution in [0.4, 0.5) is 0 Å². The number of hydrogen-bond donors (Lipinski definition) is 0. The van der Waals surface area contributed by atoms with Gasteiger partial charge < -0.3 is 4.74 Å². The average Bonchev–Trinajstić information content (AvgIpc) is 1.88. The van der Waals surface area contributed by atoms with Gasteiger partial charge in [0.05, 0.1) is 12.2 Å². The zero-order valence-electron chi connectivity index (χ0n) is 6.33. The Kier molecular flexibility index (Phi) is 2.22. The van der Waals surface area contributed by atoms with Gasteiger partial charge in [-0.25, -0.2) is 0 Å². The van der Waals surface area contributed by atoms with Crippen LogP contribution in [0.3, 0.4) is 0 Å². The number of ether oxygens (including phenoxy) is 1. The fourth-order valence-electron chi connectivity index (χ4n) is 1.09. The summed E-state index contributed by atoms with van der Waals surface area (Å²) in [5.74, 6) is 0. The van der Waals surface area contributed by atoms with E-state index in [2.05, 4.69) is 0 Å². The molecule has 0 saturated carbocycles. The van der Waals surface area contributed by atoms with Gasteiger partial charge in [-0.05, 0) is 20.3 Å². The molecule has 1 heterocycles. The van der Waals surface area contributed by atoms with E-state index in [1.54, 1.807) is 0 Å². The molecule has 2 atom stereocenters. The van der Waals surface area contributed by atoms with E-state index in [4.69, 9.17) is 4.74 Å². The molecule has 0 unspecified atom stereocenters. The standard InChI is InChI=1S/C8H12O2/c1-6-3-4-8(5-9)7(2)10-6/h4-7H,3H2,1-2H3/t6-,7-/m0/s1. The second-order valence-corrected chi connectivity index (χ2v) is 2.65. The van der Waals surface area contributed by atoms with Gasteiger partial charge in [0.1, 0.15) is 6.29 Å². The monoisotopic (exact) mass is 140 g/mol. The lowest BCUT2D eigenvalue weighted by Gasteiger charge is -2.23. The lowest BCUT2D eigenvalue weighted by molar-refractivity contribution is -0.106. The maximum absolute atomic E-state index is 10.3. The number of rotatable bonds is 1. The Balaban J connectivity index is 2.65. The van der Waals surface area contributed by atoms with Crippen LogP contribution in [0.15, 0.2) is 11.6 Å². The summed E-state index contributed by atoms with van der Waals surface area (Å²) in [6.45, 7) is 3.91. The Hall–Kier alpha value is -0.630. The summed E-state index contributed by atoms with van der Waals surface area (Å²) >= 11 is 0. The topological polar surface area (TPSA) is 26.3 Å². The van der Waals surface area contributed by atoms with Crippen LogP contribution in [0.1, 0.15) is 20.3 Å². The van der Waals surface area contributed by atoms with Crippen LogP contribution in [0.5, 0.6) is 0 Å². The first kappa shape index (κ1) is 7.48. The summed E-state index contributed by atoms with van der Waals surface area (Å²) < 4.78 is 5.39. The van der Waals surface area contributed by atoms with E-state index >= 15 is 0 Å². The van der Waals surface area contributed by atoms with Crippen molar-refractivity contribution < 1.29 is 9.53 Å². The Morgan fingerprint density at radius 2 is 2.40 bits per heavy atom. The fraction of sp³-hybridized carbons (Fsp3) is 0.625. The van der Waals surface area contributed by atoms with Gasteiger partial charge in [0.15, 0.2) is 0 Å². The highest BCUT2D eigenvalue weighted by atomic mass is 16.5. The SMILES string of the molecule is C[C@@H]1O[C@@H](C)CC=C1C=O. The molecular formula is C8H12O2. The highest BCUT2D eigenvalue weighted by molar-refractivity contribution is 5.74. The lowest BCUT2D eigenvalue weighted by atomic mass is 10.1. The molecule has 1 aliphatic rings. The van der Waals surface area contributed by atoms with Gasteiger partial charge in [0.25, 0.3) is 0 Å². The van der Waals surface area contributed by atoms with Crippen molar-refractivity contribution in [1.29, 1.82) is 0 Å². The molecule has 0 aromatic heterocycles. The Labute approximate surface area is 60.9 Å². The zero-order chi connectivity index (χ0) is 7.56. The summed E-state index contributed by atoms with van der Waals surface area (Å²) in [6.07, 6.45) is 3.93. The highest BCUT2D eigenvalue weighted by Crippen LogP contribution is 2.16. The molecule has 0 aliphatic carbocycles. The molecule has 0 bridgehead atoms. The summed E-state index contributed by atoms with van der Waals surface area (Å²) in [4.78, 5) is 10.3. The third-order valence-corrected chi connectivity index (χ3v) is 1.73. The molecule has 0 fully saturated rings. The van der Waals surface area contributed by atoms with Crippen molar-refractivity contribution in [2.24, 2.45) is 0 Å². The lowest BCUT2D eigenvalue weighted by Crippen LogP contribution is -2.23. The maximum atomic E-state index is 10.3. The van der Waals surface area contributed by atoms with Gasteiger partial charge in [0.2, 0.25) is 0 Å². The van der Waals surface area contributed by atoms with Gasteiger partial charge in [-0.2, -0.15) is 0 Å². The van der Waals surface area contributed by atoms with Gasteiger partial charge >= 0.3 is 0 Å². The predicted molar refractivity (Wildman–Crippen MR) is 38.8 cm³/mol. The van der Waals surface area contributed by atoms with Crippen LogP contribution in [0, 0.1) is 0 Å². The molecular weight excluding hydrogens is 128 g/mol. The fourth-order valence-corrected chi connectivity index (χ4v) is 1.09. The van der Waals surface area contributed by atoms with Gasteiger partial charge in [-0.15, -0.1) is 0 Å². The van der Waals surface area contributed by atoms with E-state index in [-0.39, 0.29) is 12.2 Å². The Morgan fingerprint density at radius 1 is 1.70 bits per heavy atom. The third-order valence-electron chi connectivity index (χ3n) is 1.73. The third kappa shape index (κ3) is 1.45. The molecule has 2 nitrogen and oxygen atoms in total. The quantitative estimate of drug-likeness (QED) is 0.513. The van der Waals surface area contributed by atoms with Crippen LogP contribution in [-0.4, -0.2) is 18.5 Å². The zero-order valence-corrected chi connectivity index (χ0v) is 6.33. The van der Waals surface area contributed by atoms with Crippen molar-refractivity contribution >= 4 is 6.29 Å². The molecule has 1 aliphatic heterocycles. The van der Waals surface area contributed by atoms with E-state index in [9.17, 15) is 4.79 Å². The second-order valence-electron chi connectivity index (χ2n) is 2.65. The first-order valence-corrected chi connectivity index (χ1v) is 3.54. The first-order valence-electron chi connectivity index (χ1n) is 3.54. The van der Waals surface area contributed by atoms with E-state index in [1.165, 1.54) is 0 Å². The molecule has 10 heavy (non-hydrogen) atoms. The van der Waals surface area contributed by atoms with E-state index < -0.39 is 0 Å². The van der Waals surface area contributed by atoms with Crippen LogP contribution in [-0.2, 0) is 9.53 Å². The summed E-state index contributed by atoms with van der Waals surface area (Å²) in [7, 11) is 0. The normalized spacial score (nSPS) is 33.2. The van der Waals surface area contributed by atoms with Gasteiger partial charge in [0, 0.05) is 5.57 Å². The summed E-state index contributed by atoms with van der Waals surface area (Å²) in [5, 5.41) is 0. The second kappa shape index (κ2) is 2.97. The van der Waals surface area contributed by atoms with Gasteiger partial charge in [-0.1, -0.05) is 6.08 Å². The molecule has 0 radical (unpaired) electrons. The smallest absolute Gasteiger partial charge is 0.148 e. The summed E-state index contributed by atoms with van der Waals surface area (Å²) in [6, 6.07) is 0. The minimum Gasteiger partial charge on any atom is -0.370 e. The molecule has 0 aromatic carbocycles. The highest BCUT2D eigenvalue weighted by Gasteiger charge is 2.16. The average molecular weight is 140 g/mol. The molecule has 2 heteroatoms. The van der Waals surface area contributed by atoms with Crippen molar-refractivity contribution in [2.45, 2.75) is 32.5 Å². The van der Waals surface area contributed by atoms with Gasteiger partial charge in [-0.3, -0.25) is 4.79 Å².